The summed E-state index contributed by atoms with van der Waals surface area (Å²) in [6.45, 7) is 2.15. The third-order valence-corrected chi connectivity index (χ3v) is 3.52. The number of halogens is 1. The van der Waals surface area contributed by atoms with Crippen LogP contribution in [-0.2, 0) is 6.42 Å². The monoisotopic (exact) mass is 301 g/mol. The number of aromatic nitrogens is 3. The van der Waals surface area contributed by atoms with Gasteiger partial charge in [-0.1, -0.05) is 31.2 Å². The lowest BCUT2D eigenvalue weighted by molar-refractivity contribution is 0.922. The maximum Gasteiger partial charge on any atom is 0.154 e. The molecule has 18 heavy (non-hydrogen) atoms. The van der Waals surface area contributed by atoms with Crippen LogP contribution in [0, 0.1) is 0 Å². The second kappa shape index (κ2) is 4.53. The first kappa shape index (κ1) is 11.4. The zero-order valence-electron chi connectivity index (χ0n) is 9.97. The second-order valence-electron chi connectivity index (χ2n) is 4.12. The summed E-state index contributed by atoms with van der Waals surface area (Å²) in [6, 6.07) is 12.5. The Morgan fingerprint density at radius 2 is 1.89 bits per heavy atom. The fraction of sp³-hybridized carbons (Fsp3) is 0.143. The zero-order chi connectivity index (χ0) is 12.5. The molecule has 0 atom stereocenters. The first-order valence-corrected chi connectivity index (χ1v) is 6.67. The normalized spacial score (nSPS) is 11.0. The number of imidazole rings is 1. The molecule has 90 valence electrons. The molecule has 0 spiro atoms. The van der Waals surface area contributed by atoms with Gasteiger partial charge in [0.1, 0.15) is 4.60 Å². The molecule has 0 unspecified atom stereocenters. The summed E-state index contributed by atoms with van der Waals surface area (Å²) in [7, 11) is 0. The summed E-state index contributed by atoms with van der Waals surface area (Å²) in [5.74, 6) is 0. The Balaban J connectivity index is 2.09. The highest BCUT2D eigenvalue weighted by atomic mass is 79.9. The van der Waals surface area contributed by atoms with Crippen LogP contribution >= 0.6 is 15.9 Å². The maximum absolute atomic E-state index is 4.57. The van der Waals surface area contributed by atoms with Gasteiger partial charge < -0.3 is 0 Å². The van der Waals surface area contributed by atoms with E-state index in [0.29, 0.717) is 0 Å². The van der Waals surface area contributed by atoms with E-state index in [0.717, 1.165) is 27.9 Å². The molecular weight excluding hydrogens is 290 g/mol. The predicted molar refractivity (Wildman–Crippen MR) is 75.5 cm³/mol. The van der Waals surface area contributed by atoms with E-state index in [1.807, 2.05) is 12.1 Å². The first-order chi connectivity index (χ1) is 8.78. The SMILES string of the molecule is CCc1ccc(-c2ccc3ncc(Br)n3n2)cc1. The van der Waals surface area contributed by atoms with Crippen LogP contribution in [-0.4, -0.2) is 14.6 Å². The lowest BCUT2D eigenvalue weighted by Crippen LogP contribution is -1.94. The van der Waals surface area contributed by atoms with Crippen molar-refractivity contribution < 1.29 is 0 Å². The molecule has 3 nitrogen and oxygen atoms in total. The standard InChI is InChI=1S/C14H12BrN3/c1-2-10-3-5-11(6-4-10)12-7-8-14-16-9-13(15)18(14)17-12/h3-9H,2H2,1H3. The zero-order valence-corrected chi connectivity index (χ0v) is 11.6. The molecule has 0 fully saturated rings. The number of fused-ring (bicyclic) bond motifs is 1. The summed E-state index contributed by atoms with van der Waals surface area (Å²) in [4.78, 5) is 4.23. The summed E-state index contributed by atoms with van der Waals surface area (Å²) < 4.78 is 2.66. The highest BCUT2D eigenvalue weighted by Gasteiger charge is 2.04. The average Bonchev–Trinajstić information content (AvgIpc) is 2.80. The molecule has 0 saturated heterocycles. The van der Waals surface area contributed by atoms with Gasteiger partial charge in [0.2, 0.25) is 0 Å². The van der Waals surface area contributed by atoms with Gasteiger partial charge in [-0.05, 0) is 40.0 Å². The first-order valence-electron chi connectivity index (χ1n) is 5.87. The molecule has 1 aromatic carbocycles. The van der Waals surface area contributed by atoms with Crippen LogP contribution in [0.4, 0.5) is 0 Å². The highest BCUT2D eigenvalue weighted by Crippen LogP contribution is 2.20. The van der Waals surface area contributed by atoms with Crippen LogP contribution in [0.15, 0.2) is 47.2 Å². The molecule has 3 rings (SSSR count). The number of benzene rings is 1. The van der Waals surface area contributed by atoms with Crippen LogP contribution in [0.3, 0.4) is 0 Å². The third-order valence-electron chi connectivity index (χ3n) is 2.98. The Labute approximate surface area is 114 Å². The molecule has 2 aromatic heterocycles. The van der Waals surface area contributed by atoms with E-state index in [9.17, 15) is 0 Å². The predicted octanol–water partition coefficient (Wildman–Crippen LogP) is 3.72. The fourth-order valence-electron chi connectivity index (χ4n) is 1.91. The minimum Gasteiger partial charge on any atom is -0.234 e. The largest absolute Gasteiger partial charge is 0.234 e. The van der Waals surface area contributed by atoms with Crippen LogP contribution in [0.1, 0.15) is 12.5 Å². The smallest absolute Gasteiger partial charge is 0.154 e. The molecule has 0 aliphatic heterocycles. The topological polar surface area (TPSA) is 30.2 Å². The number of hydrogen-bond donors (Lipinski definition) is 0. The third kappa shape index (κ3) is 1.93. The number of hydrogen-bond acceptors (Lipinski definition) is 2. The van der Waals surface area contributed by atoms with Crippen molar-refractivity contribution in [3.8, 4) is 11.3 Å². The van der Waals surface area contributed by atoms with Crippen molar-refractivity contribution in [2.75, 3.05) is 0 Å². The minimum absolute atomic E-state index is 0.843. The van der Waals surface area contributed by atoms with Gasteiger partial charge in [0, 0.05) is 5.56 Å². The van der Waals surface area contributed by atoms with E-state index in [1.54, 1.807) is 10.7 Å². The molecule has 3 aromatic rings. The van der Waals surface area contributed by atoms with Gasteiger partial charge in [-0.2, -0.15) is 5.10 Å². The van der Waals surface area contributed by atoms with Crippen molar-refractivity contribution in [3.63, 3.8) is 0 Å². The molecule has 2 heterocycles. The molecule has 0 radical (unpaired) electrons. The van der Waals surface area contributed by atoms with Gasteiger partial charge >= 0.3 is 0 Å². The van der Waals surface area contributed by atoms with E-state index >= 15 is 0 Å². The summed E-state index contributed by atoms with van der Waals surface area (Å²) >= 11 is 3.43. The average molecular weight is 302 g/mol. The van der Waals surface area contributed by atoms with Crippen molar-refractivity contribution in [1.29, 1.82) is 0 Å². The number of nitrogens with zero attached hydrogens (tertiary/aromatic N) is 3. The quantitative estimate of drug-likeness (QED) is 0.722. The number of aryl methyl sites for hydroxylation is 1. The lowest BCUT2D eigenvalue weighted by atomic mass is 10.1. The summed E-state index contributed by atoms with van der Waals surface area (Å²) in [5.41, 5.74) is 4.25. The highest BCUT2D eigenvalue weighted by molar-refractivity contribution is 9.10. The molecule has 0 amide bonds. The molecule has 0 aliphatic carbocycles. The van der Waals surface area contributed by atoms with Crippen molar-refractivity contribution in [2.24, 2.45) is 0 Å². The van der Waals surface area contributed by atoms with Gasteiger partial charge in [-0.15, -0.1) is 0 Å². The molecule has 0 bridgehead atoms. The maximum atomic E-state index is 4.57. The molecule has 4 heteroatoms. The Bertz CT molecular complexity index is 686. The van der Waals surface area contributed by atoms with E-state index in [2.05, 4.69) is 57.2 Å². The minimum atomic E-state index is 0.843. The van der Waals surface area contributed by atoms with Crippen LogP contribution in [0.5, 0.6) is 0 Å². The van der Waals surface area contributed by atoms with Gasteiger partial charge in [0.25, 0.3) is 0 Å². The van der Waals surface area contributed by atoms with Crippen LogP contribution in [0.2, 0.25) is 0 Å². The van der Waals surface area contributed by atoms with Crippen molar-refractivity contribution >= 4 is 21.6 Å². The summed E-state index contributed by atoms with van der Waals surface area (Å²) in [6.07, 6.45) is 2.81. The van der Waals surface area contributed by atoms with Crippen LogP contribution < -0.4 is 0 Å². The van der Waals surface area contributed by atoms with Gasteiger partial charge in [-0.3, -0.25) is 0 Å². The number of rotatable bonds is 2. The molecular formula is C14H12BrN3. The van der Waals surface area contributed by atoms with Crippen molar-refractivity contribution in [1.82, 2.24) is 14.6 Å². The van der Waals surface area contributed by atoms with Gasteiger partial charge in [0.15, 0.2) is 5.65 Å². The van der Waals surface area contributed by atoms with E-state index < -0.39 is 0 Å². The Kier molecular flexibility index (Phi) is 2.88. The Hall–Kier alpha value is -1.68. The fourth-order valence-corrected chi connectivity index (χ4v) is 2.27. The molecule has 0 saturated carbocycles. The van der Waals surface area contributed by atoms with Crippen LogP contribution in [0.25, 0.3) is 16.9 Å². The second-order valence-corrected chi connectivity index (χ2v) is 4.93. The van der Waals surface area contributed by atoms with E-state index in [-0.39, 0.29) is 0 Å². The molecule has 0 aliphatic rings. The van der Waals surface area contributed by atoms with Gasteiger partial charge in [-0.25, -0.2) is 9.50 Å². The van der Waals surface area contributed by atoms with Crippen molar-refractivity contribution in [3.05, 3.63) is 52.8 Å². The Morgan fingerprint density at radius 1 is 1.11 bits per heavy atom. The summed E-state index contributed by atoms with van der Waals surface area (Å²) in [5, 5.41) is 4.57. The van der Waals surface area contributed by atoms with E-state index in [4.69, 9.17) is 0 Å². The van der Waals surface area contributed by atoms with Gasteiger partial charge in [0.05, 0.1) is 11.9 Å². The Morgan fingerprint density at radius 3 is 2.61 bits per heavy atom. The lowest BCUT2D eigenvalue weighted by Gasteiger charge is -2.03. The van der Waals surface area contributed by atoms with Crippen molar-refractivity contribution in [2.45, 2.75) is 13.3 Å². The van der Waals surface area contributed by atoms with E-state index in [1.165, 1.54) is 5.56 Å². The molecule has 0 N–H and O–H groups in total.